The van der Waals surface area contributed by atoms with Crippen LogP contribution in [-0.4, -0.2) is 18.0 Å². The van der Waals surface area contributed by atoms with Crippen LogP contribution in [0.3, 0.4) is 0 Å². The van der Waals surface area contributed by atoms with Gasteiger partial charge in [0.2, 0.25) is 5.91 Å². The maximum atomic E-state index is 11.7. The molecule has 16 heavy (non-hydrogen) atoms. The molecule has 1 aliphatic carbocycles. The van der Waals surface area contributed by atoms with Crippen LogP contribution in [-0.2, 0) is 4.79 Å². The van der Waals surface area contributed by atoms with Crippen LogP contribution in [0.2, 0.25) is 0 Å². The fraction of sp³-hybridized carbons (Fsp3) is 0.769. The first-order valence-electron chi connectivity index (χ1n) is 6.41. The Hall–Kier alpha value is -0.830. The van der Waals surface area contributed by atoms with E-state index < -0.39 is 6.04 Å². The molecule has 0 saturated heterocycles. The van der Waals surface area contributed by atoms with Gasteiger partial charge in [-0.1, -0.05) is 38.2 Å². The number of nitrogens with two attached hydrogens (primary N) is 1. The summed E-state index contributed by atoms with van der Waals surface area (Å²) in [5.74, 6) is -0.0227. The molecule has 1 unspecified atom stereocenters. The summed E-state index contributed by atoms with van der Waals surface area (Å²) in [6, 6.07) is -0.0911. The average Bonchev–Trinajstić information content (AvgIpc) is 2.22. The maximum absolute atomic E-state index is 11.7. The van der Waals surface area contributed by atoms with Crippen molar-refractivity contribution in [3.8, 4) is 0 Å². The second-order valence-corrected chi connectivity index (χ2v) is 4.68. The quantitative estimate of drug-likeness (QED) is 0.719. The van der Waals surface area contributed by atoms with Gasteiger partial charge in [-0.2, -0.15) is 0 Å². The van der Waals surface area contributed by atoms with Crippen LogP contribution in [0.25, 0.3) is 0 Å². The lowest BCUT2D eigenvalue weighted by molar-refractivity contribution is -0.123. The first-order valence-corrected chi connectivity index (χ1v) is 6.41. The number of carbonyl (C=O) groups is 1. The highest BCUT2D eigenvalue weighted by Crippen LogP contribution is 2.17. The van der Waals surface area contributed by atoms with Gasteiger partial charge < -0.3 is 11.1 Å². The van der Waals surface area contributed by atoms with Crippen LogP contribution in [0.1, 0.15) is 51.4 Å². The molecule has 0 bridgehead atoms. The molecule has 1 aliphatic rings. The predicted octanol–water partition coefficient (Wildman–Crippen LogP) is 2.12. The van der Waals surface area contributed by atoms with E-state index in [4.69, 9.17) is 5.73 Å². The summed E-state index contributed by atoms with van der Waals surface area (Å²) >= 11 is 0. The molecular formula is C13H24N2O. The van der Waals surface area contributed by atoms with Crippen molar-refractivity contribution >= 4 is 5.91 Å². The molecule has 0 spiro atoms. The minimum atomic E-state index is -0.428. The van der Waals surface area contributed by atoms with E-state index in [9.17, 15) is 4.79 Å². The van der Waals surface area contributed by atoms with Crippen LogP contribution in [0.4, 0.5) is 0 Å². The van der Waals surface area contributed by atoms with Gasteiger partial charge in [-0.3, -0.25) is 4.79 Å². The predicted molar refractivity (Wildman–Crippen MR) is 67.0 cm³/mol. The smallest absolute Gasteiger partial charge is 0.237 e. The second kappa shape index (κ2) is 7.44. The highest BCUT2D eigenvalue weighted by molar-refractivity contribution is 5.81. The van der Waals surface area contributed by atoms with Gasteiger partial charge in [0.15, 0.2) is 0 Å². The Morgan fingerprint density at radius 3 is 2.44 bits per heavy atom. The highest BCUT2D eigenvalue weighted by atomic mass is 16.2. The number of amides is 1. The van der Waals surface area contributed by atoms with E-state index in [1.54, 1.807) is 6.08 Å². The van der Waals surface area contributed by atoms with Crippen LogP contribution in [0.15, 0.2) is 12.7 Å². The molecular weight excluding hydrogens is 200 g/mol. The molecule has 3 N–H and O–H groups in total. The monoisotopic (exact) mass is 224 g/mol. The lowest BCUT2D eigenvalue weighted by Crippen LogP contribution is -2.45. The molecule has 0 aromatic carbocycles. The normalized spacial score (nSPS) is 20.6. The van der Waals surface area contributed by atoms with Crippen molar-refractivity contribution in [2.45, 2.75) is 63.5 Å². The topological polar surface area (TPSA) is 55.1 Å². The molecule has 1 amide bonds. The molecule has 0 radical (unpaired) electrons. The molecule has 3 nitrogen and oxygen atoms in total. The molecule has 1 fully saturated rings. The van der Waals surface area contributed by atoms with E-state index in [1.165, 1.54) is 32.1 Å². The Labute approximate surface area is 98.5 Å². The van der Waals surface area contributed by atoms with Crippen molar-refractivity contribution in [2.75, 3.05) is 0 Å². The Morgan fingerprint density at radius 1 is 1.31 bits per heavy atom. The Kier molecular flexibility index (Phi) is 6.16. The average molecular weight is 224 g/mol. The number of hydrogen-bond acceptors (Lipinski definition) is 2. The summed E-state index contributed by atoms with van der Waals surface area (Å²) in [5.41, 5.74) is 5.73. The lowest BCUT2D eigenvalue weighted by Gasteiger charge is -2.22. The van der Waals surface area contributed by atoms with Gasteiger partial charge in [0.05, 0.1) is 6.04 Å². The largest absolute Gasteiger partial charge is 0.352 e. The second-order valence-electron chi connectivity index (χ2n) is 4.68. The first-order chi connectivity index (χ1) is 7.74. The van der Waals surface area contributed by atoms with Gasteiger partial charge in [-0.15, -0.1) is 6.58 Å². The summed E-state index contributed by atoms with van der Waals surface area (Å²) < 4.78 is 0. The van der Waals surface area contributed by atoms with Gasteiger partial charge in [0.25, 0.3) is 0 Å². The van der Waals surface area contributed by atoms with Crippen LogP contribution in [0.5, 0.6) is 0 Å². The summed E-state index contributed by atoms with van der Waals surface area (Å²) in [4.78, 5) is 11.7. The van der Waals surface area contributed by atoms with Gasteiger partial charge in [0, 0.05) is 6.04 Å². The van der Waals surface area contributed by atoms with Crippen molar-refractivity contribution in [3.05, 3.63) is 12.7 Å². The first kappa shape index (κ1) is 13.2. The number of rotatable bonds is 4. The van der Waals surface area contributed by atoms with E-state index in [0.29, 0.717) is 12.5 Å². The maximum Gasteiger partial charge on any atom is 0.237 e. The molecule has 0 aromatic rings. The zero-order chi connectivity index (χ0) is 11.8. The van der Waals surface area contributed by atoms with E-state index in [2.05, 4.69) is 11.9 Å². The Balaban J connectivity index is 2.32. The minimum Gasteiger partial charge on any atom is -0.352 e. The fourth-order valence-corrected chi connectivity index (χ4v) is 2.20. The zero-order valence-electron chi connectivity index (χ0n) is 10.1. The van der Waals surface area contributed by atoms with Crippen molar-refractivity contribution in [3.63, 3.8) is 0 Å². The molecule has 1 saturated carbocycles. The van der Waals surface area contributed by atoms with Gasteiger partial charge in [-0.25, -0.2) is 0 Å². The van der Waals surface area contributed by atoms with E-state index >= 15 is 0 Å². The number of carbonyl (C=O) groups excluding carboxylic acids is 1. The Bertz CT molecular complexity index is 220. The van der Waals surface area contributed by atoms with E-state index in [1.807, 2.05) is 0 Å². The summed E-state index contributed by atoms with van der Waals surface area (Å²) in [7, 11) is 0. The lowest BCUT2D eigenvalue weighted by atomic mass is 9.96. The molecule has 92 valence electrons. The Morgan fingerprint density at radius 2 is 1.88 bits per heavy atom. The SMILES string of the molecule is C=CCC(N)C(=O)NC1CCCCCCC1. The van der Waals surface area contributed by atoms with Crippen molar-refractivity contribution in [1.29, 1.82) is 0 Å². The molecule has 1 rings (SSSR count). The summed E-state index contributed by atoms with van der Waals surface area (Å²) in [5, 5.41) is 3.06. The van der Waals surface area contributed by atoms with Crippen LogP contribution < -0.4 is 11.1 Å². The molecule has 3 heteroatoms. The van der Waals surface area contributed by atoms with Crippen molar-refractivity contribution in [2.24, 2.45) is 5.73 Å². The molecule has 1 atom stereocenters. The summed E-state index contributed by atoms with van der Waals surface area (Å²) in [6.07, 6.45) is 10.8. The molecule has 0 heterocycles. The summed E-state index contributed by atoms with van der Waals surface area (Å²) in [6.45, 7) is 3.60. The van der Waals surface area contributed by atoms with Crippen LogP contribution >= 0.6 is 0 Å². The van der Waals surface area contributed by atoms with Gasteiger partial charge >= 0.3 is 0 Å². The molecule has 0 aliphatic heterocycles. The van der Waals surface area contributed by atoms with E-state index in [-0.39, 0.29) is 5.91 Å². The van der Waals surface area contributed by atoms with E-state index in [0.717, 1.165) is 12.8 Å². The standard InChI is InChI=1S/C13H24N2O/c1-2-8-12(14)13(16)15-11-9-6-4-3-5-7-10-11/h2,11-12H,1,3-10,14H2,(H,15,16). The number of hydrogen-bond donors (Lipinski definition) is 2. The van der Waals surface area contributed by atoms with Crippen LogP contribution in [0, 0.1) is 0 Å². The van der Waals surface area contributed by atoms with Crippen molar-refractivity contribution in [1.82, 2.24) is 5.32 Å². The number of nitrogens with one attached hydrogen (secondary N) is 1. The third kappa shape index (κ3) is 4.79. The molecule has 0 aromatic heterocycles. The fourth-order valence-electron chi connectivity index (χ4n) is 2.20. The van der Waals surface area contributed by atoms with Crippen molar-refractivity contribution < 1.29 is 4.79 Å². The third-order valence-electron chi connectivity index (χ3n) is 3.21. The minimum absolute atomic E-state index is 0.0227. The zero-order valence-corrected chi connectivity index (χ0v) is 10.1. The van der Waals surface area contributed by atoms with Gasteiger partial charge in [0.1, 0.15) is 0 Å². The third-order valence-corrected chi connectivity index (χ3v) is 3.21. The van der Waals surface area contributed by atoms with Gasteiger partial charge in [-0.05, 0) is 19.3 Å². The highest BCUT2D eigenvalue weighted by Gasteiger charge is 2.17.